The summed E-state index contributed by atoms with van der Waals surface area (Å²) in [4.78, 5) is 1.21. The monoisotopic (exact) mass is 340 g/mol. The average Bonchev–Trinajstić information content (AvgIpc) is 2.49. The molecule has 21 heavy (non-hydrogen) atoms. The zero-order chi connectivity index (χ0) is 15.1. The van der Waals surface area contributed by atoms with Gasteiger partial charge in [-0.1, -0.05) is 35.9 Å². The normalized spacial score (nSPS) is 10.2. The maximum Gasteiger partial charge on any atom is 0.170 e. The van der Waals surface area contributed by atoms with E-state index in [0.29, 0.717) is 11.7 Å². The molecule has 0 aliphatic carbocycles. The largest absolute Gasteiger partial charge is 0.362 e. The van der Waals surface area contributed by atoms with Crippen LogP contribution >= 0.6 is 35.6 Å². The van der Waals surface area contributed by atoms with Crippen molar-refractivity contribution in [3.63, 3.8) is 0 Å². The van der Waals surface area contributed by atoms with E-state index < -0.39 is 5.82 Å². The van der Waals surface area contributed by atoms with Gasteiger partial charge in [0.2, 0.25) is 0 Å². The minimum Gasteiger partial charge on any atom is -0.362 e. The van der Waals surface area contributed by atoms with Gasteiger partial charge in [-0.05, 0) is 36.5 Å². The second-order valence-electron chi connectivity index (χ2n) is 4.14. The van der Waals surface area contributed by atoms with E-state index in [4.69, 9.17) is 23.8 Å². The number of hydrogen-bond acceptors (Lipinski definition) is 2. The van der Waals surface area contributed by atoms with Crippen LogP contribution in [0.15, 0.2) is 53.4 Å². The van der Waals surface area contributed by atoms with E-state index in [1.807, 2.05) is 18.2 Å². The Balaban J connectivity index is 1.74. The Labute approximate surface area is 138 Å². The highest BCUT2D eigenvalue weighted by atomic mass is 35.5. The fraction of sp³-hybridized carbons (Fsp3) is 0.133. The van der Waals surface area contributed by atoms with Crippen molar-refractivity contribution in [3.05, 3.63) is 59.4 Å². The highest BCUT2D eigenvalue weighted by molar-refractivity contribution is 7.99. The molecule has 0 unspecified atom stereocenters. The summed E-state index contributed by atoms with van der Waals surface area (Å²) < 4.78 is 13.7. The minimum atomic E-state index is -0.498. The molecule has 0 saturated heterocycles. The molecule has 0 fully saturated rings. The lowest BCUT2D eigenvalue weighted by Gasteiger charge is -2.11. The smallest absolute Gasteiger partial charge is 0.170 e. The minimum absolute atomic E-state index is 0.0717. The Bertz CT molecular complexity index is 608. The lowest BCUT2D eigenvalue weighted by molar-refractivity contribution is 0.632. The summed E-state index contributed by atoms with van der Waals surface area (Å²) in [5.41, 5.74) is 0.274. The van der Waals surface area contributed by atoms with Gasteiger partial charge >= 0.3 is 0 Å². The second-order valence-corrected chi connectivity index (χ2v) is 6.13. The molecule has 110 valence electrons. The van der Waals surface area contributed by atoms with Gasteiger partial charge in [-0.3, -0.25) is 0 Å². The van der Waals surface area contributed by atoms with Crippen LogP contribution in [0, 0.1) is 5.82 Å². The van der Waals surface area contributed by atoms with Crippen LogP contribution in [0.2, 0.25) is 5.02 Å². The Kier molecular flexibility index (Phi) is 6.29. The van der Waals surface area contributed by atoms with Crippen LogP contribution < -0.4 is 10.6 Å². The fourth-order valence-electron chi connectivity index (χ4n) is 1.62. The van der Waals surface area contributed by atoms with Crippen LogP contribution in [-0.2, 0) is 0 Å². The molecule has 6 heteroatoms. The third-order valence-corrected chi connectivity index (χ3v) is 4.15. The molecule has 0 atom stereocenters. The Morgan fingerprint density at radius 2 is 1.90 bits per heavy atom. The van der Waals surface area contributed by atoms with Crippen molar-refractivity contribution in [3.8, 4) is 0 Å². The maximum atomic E-state index is 13.7. The fourth-order valence-corrected chi connectivity index (χ4v) is 2.79. The van der Waals surface area contributed by atoms with E-state index in [1.165, 1.54) is 11.0 Å². The zero-order valence-electron chi connectivity index (χ0n) is 11.1. The first-order valence-electron chi connectivity index (χ1n) is 6.33. The third kappa shape index (κ3) is 5.19. The number of benzene rings is 2. The van der Waals surface area contributed by atoms with Crippen LogP contribution in [0.3, 0.4) is 0 Å². The highest BCUT2D eigenvalue weighted by Crippen LogP contribution is 2.21. The summed E-state index contributed by atoms with van der Waals surface area (Å²) in [6, 6.07) is 14.9. The molecule has 2 nitrogen and oxygen atoms in total. The van der Waals surface area contributed by atoms with E-state index in [-0.39, 0.29) is 10.7 Å². The van der Waals surface area contributed by atoms with Gasteiger partial charge in [0.15, 0.2) is 10.9 Å². The molecule has 2 rings (SSSR count). The van der Waals surface area contributed by atoms with Gasteiger partial charge in [0, 0.05) is 17.2 Å². The molecule has 0 aliphatic rings. The average molecular weight is 341 g/mol. The van der Waals surface area contributed by atoms with Gasteiger partial charge in [-0.2, -0.15) is 0 Å². The van der Waals surface area contributed by atoms with Gasteiger partial charge in [0.05, 0.1) is 10.7 Å². The van der Waals surface area contributed by atoms with Gasteiger partial charge < -0.3 is 10.6 Å². The zero-order valence-corrected chi connectivity index (χ0v) is 13.5. The van der Waals surface area contributed by atoms with E-state index in [1.54, 1.807) is 23.9 Å². The predicted molar refractivity (Wildman–Crippen MR) is 92.8 cm³/mol. The van der Waals surface area contributed by atoms with Gasteiger partial charge in [0.25, 0.3) is 0 Å². The summed E-state index contributed by atoms with van der Waals surface area (Å²) in [5.74, 6) is 0.367. The number of thioether (sulfide) groups is 1. The van der Waals surface area contributed by atoms with Crippen molar-refractivity contribution in [2.45, 2.75) is 4.90 Å². The summed E-state index contributed by atoms with van der Waals surface area (Å²) in [6.07, 6.45) is 0. The van der Waals surface area contributed by atoms with Gasteiger partial charge in [0.1, 0.15) is 0 Å². The lowest BCUT2D eigenvalue weighted by Crippen LogP contribution is -2.30. The molecule has 0 amide bonds. The summed E-state index contributed by atoms with van der Waals surface area (Å²) in [5, 5.41) is 6.29. The van der Waals surface area contributed by atoms with Gasteiger partial charge in [-0.25, -0.2) is 4.39 Å². The topological polar surface area (TPSA) is 24.1 Å². The molecule has 0 spiro atoms. The molecule has 2 aromatic carbocycles. The molecule has 2 N–H and O–H groups in total. The van der Waals surface area contributed by atoms with Crippen LogP contribution in [0.1, 0.15) is 0 Å². The van der Waals surface area contributed by atoms with Crippen molar-refractivity contribution in [1.29, 1.82) is 0 Å². The molecule has 0 heterocycles. The van der Waals surface area contributed by atoms with Crippen molar-refractivity contribution in [2.75, 3.05) is 17.6 Å². The number of hydrogen-bond donors (Lipinski definition) is 2. The highest BCUT2D eigenvalue weighted by Gasteiger charge is 2.07. The number of rotatable bonds is 5. The molecular weight excluding hydrogens is 327 g/mol. The summed E-state index contributed by atoms with van der Waals surface area (Å²) >= 11 is 12.6. The molecule has 2 aromatic rings. The first kappa shape index (κ1) is 16.1. The quantitative estimate of drug-likeness (QED) is 0.473. The Morgan fingerprint density at radius 3 is 2.67 bits per heavy atom. The first-order chi connectivity index (χ1) is 10.2. The van der Waals surface area contributed by atoms with Crippen molar-refractivity contribution >= 4 is 46.4 Å². The van der Waals surface area contributed by atoms with E-state index in [0.717, 1.165) is 5.75 Å². The molecule has 0 aromatic heterocycles. The summed E-state index contributed by atoms with van der Waals surface area (Å²) in [7, 11) is 0. The van der Waals surface area contributed by atoms with Crippen molar-refractivity contribution < 1.29 is 4.39 Å². The van der Waals surface area contributed by atoms with Crippen LogP contribution in [-0.4, -0.2) is 17.4 Å². The number of anilines is 1. The van der Waals surface area contributed by atoms with Crippen LogP contribution in [0.5, 0.6) is 0 Å². The Morgan fingerprint density at radius 1 is 1.14 bits per heavy atom. The lowest BCUT2D eigenvalue weighted by atomic mass is 10.3. The first-order valence-corrected chi connectivity index (χ1v) is 8.10. The van der Waals surface area contributed by atoms with E-state index >= 15 is 0 Å². The third-order valence-electron chi connectivity index (χ3n) is 2.60. The molecule has 0 bridgehead atoms. The Hall–Kier alpha value is -1.30. The molecule has 0 aliphatic heterocycles. The predicted octanol–water partition coefficient (Wildman–Crippen LogP) is 4.56. The second kappa shape index (κ2) is 8.22. The van der Waals surface area contributed by atoms with Crippen molar-refractivity contribution in [2.24, 2.45) is 0 Å². The maximum absolute atomic E-state index is 13.7. The van der Waals surface area contributed by atoms with Crippen LogP contribution in [0.4, 0.5) is 10.1 Å². The van der Waals surface area contributed by atoms with E-state index in [2.05, 4.69) is 22.8 Å². The molecular formula is C15H14ClFN2S2. The van der Waals surface area contributed by atoms with Crippen molar-refractivity contribution in [1.82, 2.24) is 5.32 Å². The van der Waals surface area contributed by atoms with Gasteiger partial charge in [-0.15, -0.1) is 11.8 Å². The summed E-state index contributed by atoms with van der Waals surface area (Å²) in [6.45, 7) is 0.688. The van der Waals surface area contributed by atoms with Crippen LogP contribution in [0.25, 0.3) is 0 Å². The number of thiocarbonyl (C=S) groups is 1. The molecule has 0 radical (unpaired) electrons. The number of nitrogens with one attached hydrogen (secondary N) is 2. The number of halogens is 2. The standard InChI is InChI=1S/C15H14ClFN2S2/c16-12-7-4-8-13(14(12)17)19-15(20)18-9-10-21-11-5-2-1-3-6-11/h1-8H,9-10H2,(H2,18,19,20). The SMILES string of the molecule is Fc1c(Cl)cccc1NC(=S)NCCSc1ccccc1. The van der Waals surface area contributed by atoms with E-state index in [9.17, 15) is 4.39 Å². The molecule has 0 saturated carbocycles.